The summed E-state index contributed by atoms with van der Waals surface area (Å²) in [6, 6.07) is 11.3. The fourth-order valence-electron chi connectivity index (χ4n) is 3.55. The van der Waals surface area contributed by atoms with E-state index in [1.54, 1.807) is 0 Å². The van der Waals surface area contributed by atoms with Crippen molar-refractivity contribution in [3.8, 4) is 0 Å². The molecule has 1 aromatic rings. The number of rotatable bonds is 8. The molecule has 1 N–H and O–H groups in total. The van der Waals surface area contributed by atoms with Gasteiger partial charge in [-0.1, -0.05) is 50.1 Å². The lowest BCUT2D eigenvalue weighted by Crippen LogP contribution is -2.44. The van der Waals surface area contributed by atoms with E-state index in [9.17, 15) is 0 Å². The summed E-state index contributed by atoms with van der Waals surface area (Å²) in [6.45, 7) is 3.18. The first-order chi connectivity index (χ1) is 10.3. The summed E-state index contributed by atoms with van der Waals surface area (Å²) in [5.74, 6) is 0.874. The maximum Gasteiger partial charge on any atom is 0.0730 e. The van der Waals surface area contributed by atoms with Gasteiger partial charge in [-0.2, -0.15) is 0 Å². The van der Waals surface area contributed by atoms with E-state index < -0.39 is 0 Å². The van der Waals surface area contributed by atoms with E-state index in [0.717, 1.165) is 25.4 Å². The van der Waals surface area contributed by atoms with Gasteiger partial charge >= 0.3 is 0 Å². The Kier molecular flexibility index (Phi) is 7.25. The minimum absolute atomic E-state index is 0.413. The summed E-state index contributed by atoms with van der Waals surface area (Å²) >= 11 is 0. The van der Waals surface area contributed by atoms with Gasteiger partial charge in [-0.05, 0) is 50.6 Å². The van der Waals surface area contributed by atoms with Gasteiger partial charge < -0.3 is 10.1 Å². The molecule has 2 heteroatoms. The summed E-state index contributed by atoms with van der Waals surface area (Å²) in [6.07, 6.45) is 9.19. The van der Waals surface area contributed by atoms with Gasteiger partial charge in [0.15, 0.2) is 0 Å². The zero-order chi connectivity index (χ0) is 14.9. The van der Waals surface area contributed by atoms with Gasteiger partial charge in [0.05, 0.1) is 6.10 Å². The first kappa shape index (κ1) is 16.5. The third kappa shape index (κ3) is 5.44. The average Bonchev–Trinajstić information content (AvgIpc) is 2.53. The summed E-state index contributed by atoms with van der Waals surface area (Å²) in [4.78, 5) is 0. The molecule has 2 nitrogen and oxygen atoms in total. The molecule has 1 fully saturated rings. The summed E-state index contributed by atoms with van der Waals surface area (Å²) in [5, 5.41) is 3.45. The Morgan fingerprint density at radius 3 is 2.71 bits per heavy atom. The van der Waals surface area contributed by atoms with Crippen LogP contribution in [0.2, 0.25) is 0 Å². The first-order valence-corrected chi connectivity index (χ1v) is 8.66. The van der Waals surface area contributed by atoms with Gasteiger partial charge in [-0.3, -0.25) is 0 Å². The normalized spacial score (nSPS) is 25.9. The SMILES string of the molecule is CCCC1CCC(NC)C(OCCCc2ccccc2)C1. The van der Waals surface area contributed by atoms with Gasteiger partial charge in [0.25, 0.3) is 0 Å². The molecule has 0 spiro atoms. The largest absolute Gasteiger partial charge is 0.377 e. The number of hydrogen-bond acceptors (Lipinski definition) is 2. The number of hydrogen-bond donors (Lipinski definition) is 1. The Morgan fingerprint density at radius 2 is 2.00 bits per heavy atom. The van der Waals surface area contributed by atoms with Gasteiger partial charge in [-0.15, -0.1) is 0 Å². The van der Waals surface area contributed by atoms with Gasteiger partial charge in [0, 0.05) is 12.6 Å². The lowest BCUT2D eigenvalue weighted by Gasteiger charge is -2.36. The Bertz CT molecular complexity index is 378. The van der Waals surface area contributed by atoms with Crippen molar-refractivity contribution in [3.63, 3.8) is 0 Å². The predicted molar refractivity (Wildman–Crippen MR) is 89.6 cm³/mol. The van der Waals surface area contributed by atoms with Crippen LogP contribution in [0.25, 0.3) is 0 Å². The fourth-order valence-corrected chi connectivity index (χ4v) is 3.55. The second-order valence-corrected chi connectivity index (χ2v) is 6.36. The zero-order valence-electron chi connectivity index (χ0n) is 13.7. The highest BCUT2D eigenvalue weighted by Gasteiger charge is 2.29. The van der Waals surface area contributed by atoms with Gasteiger partial charge in [-0.25, -0.2) is 0 Å². The Hall–Kier alpha value is -0.860. The summed E-state index contributed by atoms with van der Waals surface area (Å²) in [7, 11) is 2.07. The molecule has 1 aromatic carbocycles. The van der Waals surface area contributed by atoms with E-state index in [4.69, 9.17) is 4.74 Å². The third-order valence-corrected chi connectivity index (χ3v) is 4.75. The monoisotopic (exact) mass is 289 g/mol. The molecule has 0 amide bonds. The van der Waals surface area contributed by atoms with E-state index in [1.165, 1.54) is 37.7 Å². The van der Waals surface area contributed by atoms with Crippen LogP contribution in [0.5, 0.6) is 0 Å². The van der Waals surface area contributed by atoms with Crippen LogP contribution in [0.15, 0.2) is 30.3 Å². The van der Waals surface area contributed by atoms with Crippen molar-refractivity contribution in [1.82, 2.24) is 5.32 Å². The maximum absolute atomic E-state index is 6.22. The van der Waals surface area contributed by atoms with Crippen LogP contribution in [-0.2, 0) is 11.2 Å². The molecule has 0 aliphatic heterocycles. The molecule has 0 radical (unpaired) electrons. The van der Waals surface area contributed by atoms with Crippen LogP contribution in [0, 0.1) is 5.92 Å². The van der Waals surface area contributed by atoms with Gasteiger partial charge in [0.1, 0.15) is 0 Å². The maximum atomic E-state index is 6.22. The highest BCUT2D eigenvalue weighted by Crippen LogP contribution is 2.30. The second kappa shape index (κ2) is 9.22. The van der Waals surface area contributed by atoms with Crippen molar-refractivity contribution < 1.29 is 4.74 Å². The summed E-state index contributed by atoms with van der Waals surface area (Å²) < 4.78 is 6.22. The molecule has 3 unspecified atom stereocenters. The standard InChI is InChI=1S/C19H31NO/c1-3-8-17-12-13-18(20-2)19(15-17)21-14-7-11-16-9-5-4-6-10-16/h4-6,9-10,17-20H,3,7-8,11-15H2,1-2H3. The second-order valence-electron chi connectivity index (χ2n) is 6.36. The smallest absolute Gasteiger partial charge is 0.0730 e. The predicted octanol–water partition coefficient (Wildman–Crippen LogP) is 4.19. The molecule has 3 atom stereocenters. The van der Waals surface area contributed by atoms with Crippen LogP contribution in [0.1, 0.15) is 51.0 Å². The molecule has 1 aliphatic carbocycles. The summed E-state index contributed by atoms with van der Waals surface area (Å²) in [5.41, 5.74) is 1.42. The average molecular weight is 289 g/mol. The highest BCUT2D eigenvalue weighted by molar-refractivity contribution is 5.14. The van der Waals surface area contributed by atoms with Crippen molar-refractivity contribution in [2.75, 3.05) is 13.7 Å². The zero-order valence-corrected chi connectivity index (χ0v) is 13.7. The molecule has 1 saturated carbocycles. The molecule has 0 saturated heterocycles. The van der Waals surface area contributed by atoms with E-state index in [2.05, 4.69) is 49.6 Å². The van der Waals surface area contributed by atoms with E-state index in [0.29, 0.717) is 12.1 Å². The molecular weight excluding hydrogens is 258 g/mol. The Morgan fingerprint density at radius 1 is 1.19 bits per heavy atom. The molecule has 0 heterocycles. The van der Waals surface area contributed by atoms with E-state index in [1.807, 2.05) is 0 Å². The lowest BCUT2D eigenvalue weighted by atomic mass is 9.81. The highest BCUT2D eigenvalue weighted by atomic mass is 16.5. The minimum Gasteiger partial charge on any atom is -0.377 e. The van der Waals surface area contributed by atoms with Crippen LogP contribution >= 0.6 is 0 Å². The number of likely N-dealkylation sites (N-methyl/N-ethyl adjacent to an activating group) is 1. The van der Waals surface area contributed by atoms with Crippen LogP contribution in [0.3, 0.4) is 0 Å². The lowest BCUT2D eigenvalue weighted by molar-refractivity contribution is -0.0101. The van der Waals surface area contributed by atoms with Crippen LogP contribution < -0.4 is 5.32 Å². The van der Waals surface area contributed by atoms with Crippen molar-refractivity contribution in [3.05, 3.63) is 35.9 Å². The minimum atomic E-state index is 0.413. The molecule has 21 heavy (non-hydrogen) atoms. The van der Waals surface area contributed by atoms with Crippen LogP contribution in [0.4, 0.5) is 0 Å². The number of nitrogens with one attached hydrogen (secondary N) is 1. The number of ether oxygens (including phenoxy) is 1. The quantitative estimate of drug-likeness (QED) is 0.724. The Balaban J connectivity index is 1.71. The third-order valence-electron chi connectivity index (χ3n) is 4.75. The van der Waals surface area contributed by atoms with Crippen molar-refractivity contribution in [2.24, 2.45) is 5.92 Å². The topological polar surface area (TPSA) is 21.3 Å². The molecule has 0 bridgehead atoms. The molecular formula is C19H31NO. The Labute approximate surface area is 130 Å². The van der Waals surface area contributed by atoms with E-state index >= 15 is 0 Å². The molecule has 0 aromatic heterocycles. The molecule has 1 aliphatic rings. The molecule has 118 valence electrons. The van der Waals surface area contributed by atoms with Crippen LogP contribution in [-0.4, -0.2) is 25.8 Å². The molecule has 2 rings (SSSR count). The number of aryl methyl sites for hydroxylation is 1. The van der Waals surface area contributed by atoms with Crippen molar-refractivity contribution in [2.45, 2.75) is 64.0 Å². The first-order valence-electron chi connectivity index (χ1n) is 8.66. The van der Waals surface area contributed by atoms with Crippen molar-refractivity contribution in [1.29, 1.82) is 0 Å². The number of benzene rings is 1. The van der Waals surface area contributed by atoms with Gasteiger partial charge in [0.2, 0.25) is 0 Å². The van der Waals surface area contributed by atoms with Crippen molar-refractivity contribution >= 4 is 0 Å². The fraction of sp³-hybridized carbons (Fsp3) is 0.684. The van der Waals surface area contributed by atoms with E-state index in [-0.39, 0.29) is 0 Å².